The fourth-order valence-corrected chi connectivity index (χ4v) is 1.08. The molecule has 0 aliphatic heterocycles. The Morgan fingerprint density at radius 2 is 2.38 bits per heavy atom. The molecule has 2 rings (SSSR count). The van der Waals surface area contributed by atoms with Gasteiger partial charge in [-0.3, -0.25) is 9.89 Å². The molecule has 7 heteroatoms. The summed E-state index contributed by atoms with van der Waals surface area (Å²) in [5, 5.41) is 12.6. The van der Waals surface area contributed by atoms with Gasteiger partial charge in [0.15, 0.2) is 5.82 Å². The highest BCUT2D eigenvalue weighted by Crippen LogP contribution is 2.08. The summed E-state index contributed by atoms with van der Waals surface area (Å²) >= 11 is 0. The third-order valence-corrected chi connectivity index (χ3v) is 1.93. The Balaban J connectivity index is 2.09. The van der Waals surface area contributed by atoms with Gasteiger partial charge in [-0.25, -0.2) is 4.98 Å². The van der Waals surface area contributed by atoms with Gasteiger partial charge in [0.1, 0.15) is 12.1 Å². The maximum atomic E-state index is 11.6. The van der Waals surface area contributed by atoms with Gasteiger partial charge in [-0.2, -0.15) is 0 Å². The molecule has 2 N–H and O–H groups in total. The number of nitrogens with zero attached hydrogens (tertiary/aromatic N) is 3. The maximum absolute atomic E-state index is 11.6. The van der Waals surface area contributed by atoms with E-state index in [0.717, 1.165) is 0 Å². The van der Waals surface area contributed by atoms with Crippen molar-refractivity contribution in [2.24, 2.45) is 0 Å². The normalized spacial score (nSPS) is 10.7. The Labute approximate surface area is 91.2 Å². The third-order valence-electron chi connectivity index (χ3n) is 1.93. The zero-order chi connectivity index (χ0) is 11.5. The zero-order valence-corrected chi connectivity index (χ0v) is 8.89. The molecule has 0 fully saturated rings. The van der Waals surface area contributed by atoms with E-state index in [9.17, 15) is 4.79 Å². The van der Waals surface area contributed by atoms with Crippen LogP contribution in [0, 0.1) is 0 Å². The summed E-state index contributed by atoms with van der Waals surface area (Å²) in [5.74, 6) is 0.871. The van der Waals surface area contributed by atoms with Crippen molar-refractivity contribution < 1.29 is 9.32 Å². The molecule has 0 saturated heterocycles. The molecule has 0 aromatic carbocycles. The summed E-state index contributed by atoms with van der Waals surface area (Å²) in [4.78, 5) is 15.7. The van der Waals surface area contributed by atoms with E-state index < -0.39 is 5.91 Å². The van der Waals surface area contributed by atoms with Crippen LogP contribution in [-0.4, -0.2) is 26.2 Å². The molecular formula is C9H11N5O2. The lowest BCUT2D eigenvalue weighted by molar-refractivity contribution is 0.101. The maximum Gasteiger partial charge on any atom is 0.296 e. The average molecular weight is 221 g/mol. The molecule has 84 valence electrons. The zero-order valence-electron chi connectivity index (χ0n) is 8.89. The highest BCUT2D eigenvalue weighted by molar-refractivity contribution is 6.00. The van der Waals surface area contributed by atoms with Crippen LogP contribution in [0.5, 0.6) is 0 Å². The van der Waals surface area contributed by atoms with Crippen molar-refractivity contribution in [1.29, 1.82) is 0 Å². The van der Waals surface area contributed by atoms with Gasteiger partial charge in [-0.1, -0.05) is 19.0 Å². The minimum absolute atomic E-state index is 0.0895. The van der Waals surface area contributed by atoms with Crippen LogP contribution >= 0.6 is 0 Å². The van der Waals surface area contributed by atoms with Gasteiger partial charge in [0.05, 0.1) is 0 Å². The number of nitrogens with one attached hydrogen (secondary N) is 2. The van der Waals surface area contributed by atoms with E-state index in [4.69, 9.17) is 0 Å². The van der Waals surface area contributed by atoms with Crippen LogP contribution in [0.3, 0.4) is 0 Å². The van der Waals surface area contributed by atoms with Crippen LogP contribution in [0.15, 0.2) is 16.9 Å². The predicted octanol–water partition coefficient (Wildman–Crippen LogP) is 1.17. The molecule has 2 aromatic heterocycles. The number of hydrogen-bond acceptors (Lipinski definition) is 5. The average Bonchev–Trinajstić information content (AvgIpc) is 2.86. The highest BCUT2D eigenvalue weighted by Gasteiger charge is 2.14. The van der Waals surface area contributed by atoms with E-state index in [1.807, 2.05) is 13.8 Å². The van der Waals surface area contributed by atoms with Crippen molar-refractivity contribution in [3.8, 4) is 0 Å². The first-order valence-corrected chi connectivity index (χ1v) is 4.81. The molecule has 0 atom stereocenters. The standard InChI is InChI=1S/C9H11N5O2/c1-5(2)7-11-8(13-12-7)9(15)10-6-3-4-16-14-6/h3-5H,1-2H3,(H,10,14,15)(H,11,12,13). The van der Waals surface area contributed by atoms with E-state index in [1.54, 1.807) is 0 Å². The smallest absolute Gasteiger partial charge is 0.296 e. The second-order valence-electron chi connectivity index (χ2n) is 3.54. The van der Waals surface area contributed by atoms with Gasteiger partial charge in [0.25, 0.3) is 5.91 Å². The van der Waals surface area contributed by atoms with Crippen LogP contribution in [0.25, 0.3) is 0 Å². The van der Waals surface area contributed by atoms with Crippen molar-refractivity contribution in [3.63, 3.8) is 0 Å². The lowest BCUT2D eigenvalue weighted by atomic mass is 10.2. The van der Waals surface area contributed by atoms with Gasteiger partial charge >= 0.3 is 0 Å². The molecule has 0 unspecified atom stereocenters. The van der Waals surface area contributed by atoms with Crippen molar-refractivity contribution in [3.05, 3.63) is 24.0 Å². The van der Waals surface area contributed by atoms with Crippen molar-refractivity contribution >= 4 is 11.7 Å². The monoisotopic (exact) mass is 221 g/mol. The Bertz CT molecular complexity index is 474. The van der Waals surface area contributed by atoms with Crippen LogP contribution in [0.2, 0.25) is 0 Å². The summed E-state index contributed by atoms with van der Waals surface area (Å²) in [7, 11) is 0. The lowest BCUT2D eigenvalue weighted by Gasteiger charge is -1.96. The van der Waals surface area contributed by atoms with Gasteiger partial charge in [0, 0.05) is 12.0 Å². The number of H-pyrrole nitrogens is 1. The lowest BCUT2D eigenvalue weighted by Crippen LogP contribution is -2.14. The van der Waals surface area contributed by atoms with E-state index >= 15 is 0 Å². The third kappa shape index (κ3) is 2.08. The molecule has 2 aromatic rings. The Morgan fingerprint density at radius 1 is 1.56 bits per heavy atom. The topological polar surface area (TPSA) is 96.7 Å². The van der Waals surface area contributed by atoms with Gasteiger partial charge in [0.2, 0.25) is 5.82 Å². The van der Waals surface area contributed by atoms with Crippen LogP contribution in [0.4, 0.5) is 5.82 Å². The van der Waals surface area contributed by atoms with Crippen LogP contribution < -0.4 is 5.32 Å². The number of aromatic amines is 1. The van der Waals surface area contributed by atoms with Gasteiger partial charge < -0.3 is 9.84 Å². The number of carbonyl (C=O) groups excluding carboxylic acids is 1. The summed E-state index contributed by atoms with van der Waals surface area (Å²) in [6, 6.07) is 1.54. The van der Waals surface area contributed by atoms with Crippen molar-refractivity contribution in [2.75, 3.05) is 5.32 Å². The number of rotatable bonds is 3. The summed E-state index contributed by atoms with van der Waals surface area (Å²) in [6.45, 7) is 3.92. The molecule has 0 bridgehead atoms. The number of hydrogen-bond donors (Lipinski definition) is 2. The van der Waals surface area contributed by atoms with Crippen molar-refractivity contribution in [2.45, 2.75) is 19.8 Å². The number of aromatic nitrogens is 4. The molecule has 0 saturated carbocycles. The molecule has 0 aliphatic carbocycles. The fraction of sp³-hybridized carbons (Fsp3) is 0.333. The summed E-state index contributed by atoms with van der Waals surface area (Å²) in [6.07, 6.45) is 1.37. The van der Waals surface area contributed by atoms with Crippen LogP contribution in [-0.2, 0) is 0 Å². The molecule has 7 nitrogen and oxygen atoms in total. The summed E-state index contributed by atoms with van der Waals surface area (Å²) in [5.41, 5.74) is 0. The molecule has 1 amide bonds. The second-order valence-corrected chi connectivity index (χ2v) is 3.54. The van der Waals surface area contributed by atoms with E-state index in [1.165, 1.54) is 12.3 Å². The van der Waals surface area contributed by atoms with E-state index in [0.29, 0.717) is 11.6 Å². The summed E-state index contributed by atoms with van der Waals surface area (Å²) < 4.78 is 4.58. The van der Waals surface area contributed by atoms with Gasteiger partial charge in [-0.05, 0) is 0 Å². The number of carbonyl (C=O) groups is 1. The molecule has 0 radical (unpaired) electrons. The number of amides is 1. The second kappa shape index (κ2) is 4.13. The Morgan fingerprint density at radius 3 is 2.94 bits per heavy atom. The van der Waals surface area contributed by atoms with Crippen molar-refractivity contribution in [1.82, 2.24) is 20.3 Å². The minimum atomic E-state index is -0.419. The minimum Gasteiger partial charge on any atom is -0.363 e. The molecule has 0 spiro atoms. The van der Waals surface area contributed by atoms with E-state index in [-0.39, 0.29) is 11.7 Å². The first-order valence-electron chi connectivity index (χ1n) is 4.81. The molecule has 2 heterocycles. The molecule has 0 aliphatic rings. The first-order chi connectivity index (χ1) is 7.66. The highest BCUT2D eigenvalue weighted by atomic mass is 16.5. The SMILES string of the molecule is CC(C)c1nc(C(=O)Nc2ccon2)n[nH]1. The Kier molecular flexibility index (Phi) is 2.67. The Hall–Kier alpha value is -2.18. The largest absolute Gasteiger partial charge is 0.363 e. The number of anilines is 1. The quantitative estimate of drug-likeness (QED) is 0.810. The van der Waals surface area contributed by atoms with E-state index in [2.05, 4.69) is 30.2 Å². The fourth-order valence-electron chi connectivity index (χ4n) is 1.08. The van der Waals surface area contributed by atoms with Gasteiger partial charge in [-0.15, -0.1) is 5.10 Å². The molecular weight excluding hydrogens is 210 g/mol. The predicted molar refractivity (Wildman–Crippen MR) is 54.9 cm³/mol. The first kappa shape index (κ1) is 10.3. The van der Waals surface area contributed by atoms with Crippen LogP contribution in [0.1, 0.15) is 36.2 Å². The molecule has 16 heavy (non-hydrogen) atoms.